The number of amides is 2. The van der Waals surface area contributed by atoms with Crippen LogP contribution in [0.4, 0.5) is 16.2 Å². The molecule has 1 heterocycles. The second kappa shape index (κ2) is 8.73. The van der Waals surface area contributed by atoms with E-state index in [4.69, 9.17) is 18.9 Å². The summed E-state index contributed by atoms with van der Waals surface area (Å²) in [5.41, 5.74) is 0.578. The normalized spacial score (nSPS) is 12.1. The molecule has 0 fully saturated rings. The minimum absolute atomic E-state index is 0.135. The van der Waals surface area contributed by atoms with E-state index in [1.807, 2.05) is 0 Å². The van der Waals surface area contributed by atoms with Gasteiger partial charge in [0.05, 0.1) is 5.56 Å². The Labute approximate surface area is 173 Å². The number of carbonyl (C=O) groups excluding carboxylic acids is 3. The zero-order valence-corrected chi connectivity index (χ0v) is 16.8. The third-order valence-electron chi connectivity index (χ3n) is 3.76. The van der Waals surface area contributed by atoms with Gasteiger partial charge in [0.1, 0.15) is 5.60 Å². The summed E-state index contributed by atoms with van der Waals surface area (Å²) in [7, 11) is 0. The average Bonchev–Trinajstić information content (AvgIpc) is 3.13. The van der Waals surface area contributed by atoms with Gasteiger partial charge >= 0.3 is 12.1 Å². The Kier molecular flexibility index (Phi) is 6.10. The molecule has 3 rings (SSSR count). The summed E-state index contributed by atoms with van der Waals surface area (Å²) < 4.78 is 20.6. The van der Waals surface area contributed by atoms with Crippen LogP contribution in [-0.2, 0) is 14.3 Å². The van der Waals surface area contributed by atoms with Gasteiger partial charge in [-0.2, -0.15) is 0 Å². The number of anilines is 2. The molecule has 2 aromatic carbocycles. The minimum Gasteiger partial charge on any atom is -0.454 e. The Balaban J connectivity index is 1.47. The number of hydrogen-bond donors (Lipinski definition) is 2. The van der Waals surface area contributed by atoms with E-state index in [9.17, 15) is 14.4 Å². The van der Waals surface area contributed by atoms with Gasteiger partial charge in [-0.1, -0.05) is 0 Å². The lowest BCUT2D eigenvalue weighted by atomic mass is 10.2. The summed E-state index contributed by atoms with van der Waals surface area (Å²) in [5, 5.41) is 5.18. The maximum Gasteiger partial charge on any atom is 0.412 e. The molecule has 0 spiro atoms. The molecular formula is C21H22N2O7. The number of rotatable bonds is 5. The largest absolute Gasteiger partial charge is 0.454 e. The molecule has 0 saturated heterocycles. The predicted molar refractivity (Wildman–Crippen MR) is 108 cm³/mol. The molecule has 0 saturated carbocycles. The molecule has 0 bridgehead atoms. The minimum atomic E-state index is -0.667. The summed E-state index contributed by atoms with van der Waals surface area (Å²) in [4.78, 5) is 35.9. The highest BCUT2D eigenvalue weighted by Crippen LogP contribution is 2.34. The lowest BCUT2D eigenvalue weighted by Crippen LogP contribution is -2.27. The lowest BCUT2D eigenvalue weighted by Gasteiger charge is -2.19. The highest BCUT2D eigenvalue weighted by atomic mass is 16.7. The van der Waals surface area contributed by atoms with Gasteiger partial charge in [0.15, 0.2) is 18.1 Å². The predicted octanol–water partition coefficient (Wildman–Crippen LogP) is 3.56. The SMILES string of the molecule is CC(C)(C)OC(=O)Nc1ccc(C(=O)OCC(=O)Nc2ccc3c(c2)OCO3)cc1. The molecule has 0 aliphatic carbocycles. The molecule has 9 heteroatoms. The van der Waals surface area contributed by atoms with Gasteiger partial charge in [-0.05, 0) is 57.2 Å². The molecule has 1 aliphatic heterocycles. The molecule has 2 N–H and O–H groups in total. The number of hydrogen-bond acceptors (Lipinski definition) is 7. The van der Waals surface area contributed by atoms with E-state index in [1.54, 1.807) is 39.0 Å². The van der Waals surface area contributed by atoms with Crippen LogP contribution in [0.5, 0.6) is 11.5 Å². The molecule has 0 aromatic heterocycles. The first-order valence-electron chi connectivity index (χ1n) is 9.16. The highest BCUT2D eigenvalue weighted by Gasteiger charge is 2.17. The third kappa shape index (κ3) is 5.87. The van der Waals surface area contributed by atoms with Gasteiger partial charge in [-0.15, -0.1) is 0 Å². The topological polar surface area (TPSA) is 112 Å². The van der Waals surface area contributed by atoms with Crippen molar-refractivity contribution in [2.45, 2.75) is 26.4 Å². The van der Waals surface area contributed by atoms with Crippen molar-refractivity contribution in [1.29, 1.82) is 0 Å². The Hall–Kier alpha value is -3.75. The summed E-state index contributed by atoms with van der Waals surface area (Å²) >= 11 is 0. The van der Waals surface area contributed by atoms with Crippen LogP contribution in [0.1, 0.15) is 31.1 Å². The number of carbonyl (C=O) groups is 3. The van der Waals surface area contributed by atoms with E-state index in [1.165, 1.54) is 24.3 Å². The van der Waals surface area contributed by atoms with E-state index in [-0.39, 0.29) is 12.4 Å². The van der Waals surface area contributed by atoms with Gasteiger partial charge < -0.3 is 24.3 Å². The van der Waals surface area contributed by atoms with Gasteiger partial charge in [0, 0.05) is 17.4 Å². The van der Waals surface area contributed by atoms with Crippen molar-refractivity contribution in [2.75, 3.05) is 24.0 Å². The zero-order valence-electron chi connectivity index (χ0n) is 16.8. The van der Waals surface area contributed by atoms with E-state index in [0.717, 1.165) is 0 Å². The van der Waals surface area contributed by atoms with Crippen molar-refractivity contribution in [2.24, 2.45) is 0 Å². The van der Waals surface area contributed by atoms with Gasteiger partial charge in [0.2, 0.25) is 6.79 Å². The van der Waals surface area contributed by atoms with Crippen molar-refractivity contribution < 1.29 is 33.3 Å². The summed E-state index contributed by atoms with van der Waals surface area (Å²) in [6.45, 7) is 4.96. The van der Waals surface area contributed by atoms with Crippen LogP contribution in [0.15, 0.2) is 42.5 Å². The zero-order chi connectivity index (χ0) is 21.7. The van der Waals surface area contributed by atoms with Gasteiger partial charge in [-0.25, -0.2) is 9.59 Å². The van der Waals surface area contributed by atoms with Crippen LogP contribution < -0.4 is 20.1 Å². The Bertz CT molecular complexity index is 949. The van der Waals surface area contributed by atoms with Crippen LogP contribution in [0.2, 0.25) is 0 Å². The summed E-state index contributed by atoms with van der Waals surface area (Å²) in [6, 6.07) is 11.0. The van der Waals surface area contributed by atoms with Crippen LogP contribution >= 0.6 is 0 Å². The van der Waals surface area contributed by atoms with Gasteiger partial charge in [-0.3, -0.25) is 10.1 Å². The summed E-state index contributed by atoms with van der Waals surface area (Å²) in [6.07, 6.45) is -0.599. The van der Waals surface area contributed by atoms with E-state index in [2.05, 4.69) is 10.6 Å². The van der Waals surface area contributed by atoms with Crippen LogP contribution in [0.25, 0.3) is 0 Å². The van der Waals surface area contributed by atoms with Crippen LogP contribution in [-0.4, -0.2) is 37.0 Å². The van der Waals surface area contributed by atoms with Crippen molar-refractivity contribution >= 4 is 29.3 Å². The molecule has 9 nitrogen and oxygen atoms in total. The molecule has 1 aliphatic rings. The van der Waals surface area contributed by atoms with Crippen LogP contribution in [0, 0.1) is 0 Å². The molecule has 0 radical (unpaired) electrons. The number of benzene rings is 2. The van der Waals surface area contributed by atoms with E-state index >= 15 is 0 Å². The summed E-state index contributed by atoms with van der Waals surface area (Å²) in [5.74, 6) is -0.0287. The Morgan fingerprint density at radius 2 is 1.60 bits per heavy atom. The van der Waals surface area contributed by atoms with Crippen molar-refractivity contribution in [3.8, 4) is 11.5 Å². The maximum absolute atomic E-state index is 12.1. The van der Waals surface area contributed by atoms with Crippen molar-refractivity contribution in [3.05, 3.63) is 48.0 Å². The lowest BCUT2D eigenvalue weighted by molar-refractivity contribution is -0.119. The standard InChI is InChI=1S/C21H22N2O7/c1-21(2,3)30-20(26)23-14-6-4-13(5-7-14)19(25)27-11-18(24)22-15-8-9-16-17(10-15)29-12-28-16/h4-10H,11-12H2,1-3H3,(H,22,24)(H,23,26). The first-order valence-corrected chi connectivity index (χ1v) is 9.16. The third-order valence-corrected chi connectivity index (χ3v) is 3.76. The maximum atomic E-state index is 12.1. The fourth-order valence-electron chi connectivity index (χ4n) is 2.50. The number of esters is 1. The molecule has 2 amide bonds. The molecule has 0 unspecified atom stereocenters. The molecule has 158 valence electrons. The van der Waals surface area contributed by atoms with E-state index < -0.39 is 30.2 Å². The fraction of sp³-hybridized carbons (Fsp3) is 0.286. The quantitative estimate of drug-likeness (QED) is 0.720. The molecule has 30 heavy (non-hydrogen) atoms. The van der Waals surface area contributed by atoms with E-state index in [0.29, 0.717) is 22.9 Å². The van der Waals surface area contributed by atoms with Gasteiger partial charge in [0.25, 0.3) is 5.91 Å². The first kappa shape index (κ1) is 21.0. The fourth-order valence-corrected chi connectivity index (χ4v) is 2.50. The number of fused-ring (bicyclic) bond motifs is 1. The van der Waals surface area contributed by atoms with Crippen molar-refractivity contribution in [3.63, 3.8) is 0 Å². The Morgan fingerprint density at radius 1 is 0.933 bits per heavy atom. The molecular weight excluding hydrogens is 392 g/mol. The monoisotopic (exact) mass is 414 g/mol. The smallest absolute Gasteiger partial charge is 0.412 e. The number of nitrogens with one attached hydrogen (secondary N) is 2. The second-order valence-corrected chi connectivity index (χ2v) is 7.40. The number of ether oxygens (including phenoxy) is 4. The molecule has 0 atom stereocenters. The Morgan fingerprint density at radius 3 is 2.30 bits per heavy atom. The van der Waals surface area contributed by atoms with Crippen molar-refractivity contribution in [1.82, 2.24) is 0 Å². The average molecular weight is 414 g/mol. The first-order chi connectivity index (χ1) is 14.2. The molecule has 2 aromatic rings. The second-order valence-electron chi connectivity index (χ2n) is 7.40. The highest BCUT2D eigenvalue weighted by molar-refractivity contribution is 5.96. The van der Waals surface area contributed by atoms with Crippen LogP contribution in [0.3, 0.4) is 0 Å².